The molecule has 0 spiro atoms. The van der Waals surface area contributed by atoms with Gasteiger partial charge in [0.2, 0.25) is 0 Å². The van der Waals surface area contributed by atoms with Crippen molar-refractivity contribution in [3.8, 4) is 5.75 Å². The molecule has 0 saturated heterocycles. The summed E-state index contributed by atoms with van der Waals surface area (Å²) in [6.45, 7) is 6.23. The molecule has 1 aliphatic carbocycles. The summed E-state index contributed by atoms with van der Waals surface area (Å²) in [6, 6.07) is 8.15. The molecule has 4 nitrogen and oxygen atoms in total. The van der Waals surface area contributed by atoms with Crippen LogP contribution >= 0.6 is 24.0 Å². The lowest BCUT2D eigenvalue weighted by Crippen LogP contribution is -2.32. The van der Waals surface area contributed by atoms with E-state index in [1.54, 1.807) is 0 Å². The Bertz CT molecular complexity index is 445. The summed E-state index contributed by atoms with van der Waals surface area (Å²) in [7, 11) is 0. The molecule has 0 radical (unpaired) electrons. The molecule has 2 atom stereocenters. The number of rotatable bonds is 4. The van der Waals surface area contributed by atoms with E-state index in [-0.39, 0.29) is 30.1 Å². The summed E-state index contributed by atoms with van der Waals surface area (Å²) in [5.74, 6) is 2.01. The molecular weight excluding hydrogens is 365 g/mol. The number of benzene rings is 1. The van der Waals surface area contributed by atoms with Gasteiger partial charge in [-0.2, -0.15) is 0 Å². The highest BCUT2D eigenvalue weighted by molar-refractivity contribution is 14.0. The molecule has 1 fully saturated rings. The first-order valence-electron chi connectivity index (χ1n) is 6.91. The molecular formula is C15H24IN3O. The largest absolute Gasteiger partial charge is 0.491 e. The van der Waals surface area contributed by atoms with Crippen LogP contribution < -0.4 is 15.8 Å². The number of nitrogens with zero attached hydrogens (tertiary/aromatic N) is 1. The highest BCUT2D eigenvalue weighted by atomic mass is 127. The lowest BCUT2D eigenvalue weighted by atomic mass is 9.82. The molecule has 1 aliphatic rings. The normalized spacial score (nSPS) is 21.9. The predicted octanol–water partition coefficient (Wildman–Crippen LogP) is 3.62. The average molecular weight is 389 g/mol. The molecule has 5 heteroatoms. The van der Waals surface area contributed by atoms with Crippen molar-refractivity contribution in [1.29, 1.82) is 0 Å². The van der Waals surface area contributed by atoms with Crippen molar-refractivity contribution in [2.24, 2.45) is 16.6 Å². The highest BCUT2D eigenvalue weighted by Gasteiger charge is 2.26. The van der Waals surface area contributed by atoms with E-state index in [9.17, 15) is 0 Å². The summed E-state index contributed by atoms with van der Waals surface area (Å²) in [6.07, 6.45) is 2.58. The van der Waals surface area contributed by atoms with Gasteiger partial charge in [0, 0.05) is 5.69 Å². The molecule has 0 amide bonds. The number of halogens is 1. The molecule has 2 unspecified atom stereocenters. The van der Waals surface area contributed by atoms with Gasteiger partial charge in [-0.25, -0.2) is 4.99 Å². The van der Waals surface area contributed by atoms with Gasteiger partial charge in [-0.1, -0.05) is 6.92 Å². The number of guanidine groups is 1. The van der Waals surface area contributed by atoms with Crippen molar-refractivity contribution in [1.82, 2.24) is 0 Å². The van der Waals surface area contributed by atoms with Crippen LogP contribution in [0.1, 0.15) is 33.6 Å². The lowest BCUT2D eigenvalue weighted by Gasteiger charge is -2.30. The summed E-state index contributed by atoms with van der Waals surface area (Å²) in [5, 5.41) is 3.11. The van der Waals surface area contributed by atoms with Crippen LogP contribution in [-0.2, 0) is 0 Å². The third-order valence-corrected chi connectivity index (χ3v) is 3.38. The molecule has 0 heterocycles. The minimum atomic E-state index is 0. The van der Waals surface area contributed by atoms with E-state index in [1.807, 2.05) is 38.1 Å². The van der Waals surface area contributed by atoms with Crippen molar-refractivity contribution < 1.29 is 4.74 Å². The summed E-state index contributed by atoms with van der Waals surface area (Å²) >= 11 is 0. The van der Waals surface area contributed by atoms with Crippen LogP contribution in [0.5, 0.6) is 5.75 Å². The van der Waals surface area contributed by atoms with E-state index in [4.69, 9.17) is 10.5 Å². The van der Waals surface area contributed by atoms with Crippen LogP contribution in [0.2, 0.25) is 0 Å². The minimum Gasteiger partial charge on any atom is -0.491 e. The maximum atomic E-state index is 5.90. The molecule has 20 heavy (non-hydrogen) atoms. The maximum absolute atomic E-state index is 5.90. The molecule has 0 aliphatic heterocycles. The second kappa shape index (κ2) is 7.71. The van der Waals surface area contributed by atoms with E-state index in [0.29, 0.717) is 17.9 Å². The molecule has 1 aromatic rings. The fourth-order valence-corrected chi connectivity index (χ4v) is 2.09. The van der Waals surface area contributed by atoms with E-state index < -0.39 is 0 Å². The van der Waals surface area contributed by atoms with Gasteiger partial charge < -0.3 is 15.8 Å². The first-order valence-corrected chi connectivity index (χ1v) is 6.91. The first kappa shape index (κ1) is 17.1. The van der Waals surface area contributed by atoms with Gasteiger partial charge in [0.1, 0.15) is 5.75 Å². The molecule has 2 rings (SSSR count). The minimum absolute atomic E-state index is 0. The molecule has 0 bridgehead atoms. The van der Waals surface area contributed by atoms with Crippen LogP contribution in [0.15, 0.2) is 29.3 Å². The third-order valence-electron chi connectivity index (χ3n) is 3.38. The van der Waals surface area contributed by atoms with E-state index in [0.717, 1.165) is 17.9 Å². The van der Waals surface area contributed by atoms with E-state index in [1.165, 1.54) is 6.42 Å². The average Bonchev–Trinajstić information content (AvgIpc) is 2.36. The van der Waals surface area contributed by atoms with E-state index >= 15 is 0 Å². The van der Waals surface area contributed by atoms with Crippen LogP contribution in [0, 0.1) is 5.92 Å². The van der Waals surface area contributed by atoms with Crippen molar-refractivity contribution >= 4 is 35.6 Å². The summed E-state index contributed by atoms with van der Waals surface area (Å²) in [4.78, 5) is 4.48. The Morgan fingerprint density at radius 3 is 2.40 bits per heavy atom. The van der Waals surface area contributed by atoms with E-state index in [2.05, 4.69) is 17.2 Å². The Morgan fingerprint density at radius 1 is 1.30 bits per heavy atom. The fraction of sp³-hybridized carbons (Fsp3) is 0.533. The summed E-state index contributed by atoms with van der Waals surface area (Å²) < 4.78 is 5.59. The predicted molar refractivity (Wildman–Crippen MR) is 95.1 cm³/mol. The monoisotopic (exact) mass is 389 g/mol. The fourth-order valence-electron chi connectivity index (χ4n) is 2.09. The number of nitrogens with one attached hydrogen (secondary N) is 1. The molecule has 1 saturated carbocycles. The van der Waals surface area contributed by atoms with Gasteiger partial charge >= 0.3 is 0 Å². The van der Waals surface area contributed by atoms with Crippen LogP contribution in [0.3, 0.4) is 0 Å². The van der Waals surface area contributed by atoms with Gasteiger partial charge in [0.25, 0.3) is 0 Å². The quantitative estimate of drug-likeness (QED) is 0.470. The van der Waals surface area contributed by atoms with Gasteiger partial charge in [0.05, 0.1) is 12.1 Å². The Labute approximate surface area is 138 Å². The van der Waals surface area contributed by atoms with Crippen molar-refractivity contribution in [3.63, 3.8) is 0 Å². The number of aliphatic imine (C=N–C) groups is 1. The second-order valence-electron chi connectivity index (χ2n) is 5.45. The van der Waals surface area contributed by atoms with Crippen molar-refractivity contribution in [3.05, 3.63) is 24.3 Å². The van der Waals surface area contributed by atoms with Gasteiger partial charge in [0.15, 0.2) is 5.96 Å². The van der Waals surface area contributed by atoms with Gasteiger partial charge in [-0.15, -0.1) is 24.0 Å². The molecule has 1 aromatic carbocycles. The second-order valence-corrected chi connectivity index (χ2v) is 5.45. The Morgan fingerprint density at radius 2 is 1.95 bits per heavy atom. The van der Waals surface area contributed by atoms with Crippen molar-refractivity contribution in [2.45, 2.75) is 45.8 Å². The number of nitrogens with two attached hydrogens (primary N) is 1. The Kier molecular flexibility index (Phi) is 6.58. The van der Waals surface area contributed by atoms with Gasteiger partial charge in [-0.05, 0) is 56.9 Å². The maximum Gasteiger partial charge on any atom is 0.193 e. The lowest BCUT2D eigenvalue weighted by molar-refractivity contribution is 0.242. The number of anilines is 1. The van der Waals surface area contributed by atoms with Crippen LogP contribution in [0.4, 0.5) is 5.69 Å². The summed E-state index contributed by atoms with van der Waals surface area (Å²) in [5.41, 5.74) is 6.84. The topological polar surface area (TPSA) is 59.6 Å². The van der Waals surface area contributed by atoms with Gasteiger partial charge in [-0.3, -0.25) is 0 Å². The molecule has 3 N–H and O–H groups in total. The zero-order valence-electron chi connectivity index (χ0n) is 12.3. The number of hydrogen-bond donors (Lipinski definition) is 2. The Balaban J connectivity index is 0.00000200. The first-order chi connectivity index (χ1) is 9.04. The number of ether oxygens (including phenoxy) is 1. The van der Waals surface area contributed by atoms with Crippen LogP contribution in [0.25, 0.3) is 0 Å². The van der Waals surface area contributed by atoms with Crippen LogP contribution in [-0.4, -0.2) is 18.1 Å². The third kappa shape index (κ3) is 4.85. The van der Waals surface area contributed by atoms with Crippen molar-refractivity contribution in [2.75, 3.05) is 5.32 Å². The SMILES string of the molecule is CC(C)Oc1ccc(NC(N)=NC2CCC2C)cc1.I. The molecule has 112 valence electrons. The molecule has 0 aromatic heterocycles. The zero-order chi connectivity index (χ0) is 13.8. The standard InChI is InChI=1S/C15H23N3O.HI/c1-10(2)19-13-7-5-12(6-8-13)17-15(16)18-14-9-4-11(14)3;/h5-8,10-11,14H,4,9H2,1-3H3,(H3,16,17,18);1H. The highest BCUT2D eigenvalue weighted by Crippen LogP contribution is 2.29. The Hall–Kier alpha value is -0.980. The number of hydrogen-bond acceptors (Lipinski definition) is 2. The zero-order valence-corrected chi connectivity index (χ0v) is 14.6. The smallest absolute Gasteiger partial charge is 0.193 e.